The Balaban J connectivity index is 1.80. The fourth-order valence-electron chi connectivity index (χ4n) is 4.21. The van der Waals surface area contributed by atoms with Crippen LogP contribution in [0.2, 0.25) is 0 Å². The van der Waals surface area contributed by atoms with Gasteiger partial charge in [-0.15, -0.1) is 0 Å². The van der Waals surface area contributed by atoms with Crippen molar-refractivity contribution < 1.29 is 17.5 Å². The number of anilines is 2. The summed E-state index contributed by atoms with van der Waals surface area (Å²) in [5.41, 5.74) is 6.41. The molecular weight excluding hydrogens is 459 g/mol. The number of nitrogens with zero attached hydrogens (tertiary/aromatic N) is 4. The first-order valence-electron chi connectivity index (χ1n) is 10.8. The van der Waals surface area contributed by atoms with Crippen molar-refractivity contribution in [1.29, 1.82) is 0 Å². The molecule has 3 N–H and O–H groups in total. The number of hydrogen-bond acceptors (Lipinski definition) is 9. The number of nitrogens with one attached hydrogen (secondary N) is 1. The van der Waals surface area contributed by atoms with Crippen LogP contribution in [-0.4, -0.2) is 46.3 Å². The predicted octanol–water partition coefficient (Wildman–Crippen LogP) is 3.47. The Morgan fingerprint density at radius 3 is 2.65 bits per heavy atom. The number of ether oxygens (including phenoxy) is 1. The molecule has 34 heavy (non-hydrogen) atoms. The average molecular weight is 487 g/mol. The van der Waals surface area contributed by atoms with Crippen LogP contribution in [0.4, 0.5) is 15.9 Å². The SMILES string of the molecule is CC[C@]1(C)C(N)=N[C@](C)(c2cc(Nc3nccc4nc(OC)cnc34)ccc2F)C(C)S1(=O)=O. The second-order valence-electron chi connectivity index (χ2n) is 8.68. The van der Waals surface area contributed by atoms with E-state index in [0.717, 1.165) is 0 Å². The molecule has 11 heteroatoms. The first-order chi connectivity index (χ1) is 16.0. The van der Waals surface area contributed by atoms with Gasteiger partial charge in [-0.1, -0.05) is 6.92 Å². The van der Waals surface area contributed by atoms with E-state index in [1.54, 1.807) is 40.0 Å². The van der Waals surface area contributed by atoms with Crippen molar-refractivity contribution in [2.45, 2.75) is 49.7 Å². The average Bonchev–Trinajstić information content (AvgIpc) is 2.82. The van der Waals surface area contributed by atoms with E-state index in [1.807, 2.05) is 0 Å². The summed E-state index contributed by atoms with van der Waals surface area (Å²) >= 11 is 0. The van der Waals surface area contributed by atoms with Gasteiger partial charge in [-0.2, -0.15) is 0 Å². The van der Waals surface area contributed by atoms with Gasteiger partial charge in [0.25, 0.3) is 0 Å². The Bertz CT molecular complexity index is 1410. The van der Waals surface area contributed by atoms with Crippen molar-refractivity contribution in [2.24, 2.45) is 10.7 Å². The zero-order chi connectivity index (χ0) is 24.9. The van der Waals surface area contributed by atoms with Crippen molar-refractivity contribution in [2.75, 3.05) is 12.4 Å². The molecule has 0 radical (unpaired) electrons. The van der Waals surface area contributed by atoms with Crippen LogP contribution < -0.4 is 15.8 Å². The Kier molecular flexibility index (Phi) is 5.71. The van der Waals surface area contributed by atoms with Crippen molar-refractivity contribution in [3.8, 4) is 5.88 Å². The minimum atomic E-state index is -3.77. The molecule has 0 saturated carbocycles. The fourth-order valence-corrected chi connectivity index (χ4v) is 6.51. The minimum Gasteiger partial charge on any atom is -0.480 e. The van der Waals surface area contributed by atoms with Crippen molar-refractivity contribution in [3.63, 3.8) is 0 Å². The number of nitrogens with two attached hydrogens (primary N) is 1. The molecule has 3 atom stereocenters. The van der Waals surface area contributed by atoms with Gasteiger partial charge in [0.05, 0.1) is 24.1 Å². The molecule has 3 heterocycles. The van der Waals surface area contributed by atoms with Crippen LogP contribution in [0.1, 0.15) is 39.7 Å². The van der Waals surface area contributed by atoms with Crippen LogP contribution in [0.5, 0.6) is 5.88 Å². The van der Waals surface area contributed by atoms with Gasteiger partial charge in [-0.25, -0.2) is 27.8 Å². The Morgan fingerprint density at radius 1 is 1.24 bits per heavy atom. The number of sulfone groups is 1. The molecule has 4 rings (SSSR count). The maximum Gasteiger partial charge on any atom is 0.232 e. The van der Waals surface area contributed by atoms with E-state index in [1.165, 1.54) is 31.5 Å². The van der Waals surface area contributed by atoms with E-state index in [9.17, 15) is 8.42 Å². The summed E-state index contributed by atoms with van der Waals surface area (Å²) in [6.45, 7) is 6.45. The number of aromatic nitrogens is 3. The standard InChI is InChI=1S/C23H27FN6O3S/c1-6-22(3)21(25)30-23(4,13(2)34(22,31)32)15-11-14(7-8-16(15)24)28-20-19-17(9-10-26-20)29-18(33-5)12-27-19/h7-13H,6H2,1-5H3,(H2,25,30)(H,26,28)/t13?,22-,23+/m1/s1. The summed E-state index contributed by atoms with van der Waals surface area (Å²) in [4.78, 5) is 17.6. The number of halogens is 1. The van der Waals surface area contributed by atoms with Crippen LogP contribution >= 0.6 is 0 Å². The molecule has 1 unspecified atom stereocenters. The maximum atomic E-state index is 15.1. The fraction of sp³-hybridized carbons (Fsp3) is 0.391. The number of amidine groups is 1. The summed E-state index contributed by atoms with van der Waals surface area (Å²) in [6.07, 6.45) is 3.31. The number of fused-ring (bicyclic) bond motifs is 1. The van der Waals surface area contributed by atoms with Gasteiger partial charge in [0.1, 0.15) is 27.5 Å². The lowest BCUT2D eigenvalue weighted by Gasteiger charge is -2.44. The molecule has 1 aliphatic rings. The largest absolute Gasteiger partial charge is 0.480 e. The molecule has 0 fully saturated rings. The van der Waals surface area contributed by atoms with Gasteiger partial charge in [0.2, 0.25) is 5.88 Å². The summed E-state index contributed by atoms with van der Waals surface area (Å²) < 4.78 is 45.8. The first kappa shape index (κ1) is 23.8. The number of methoxy groups -OCH3 is 1. The Hall–Kier alpha value is -3.34. The lowest BCUT2D eigenvalue weighted by Crippen LogP contribution is -2.60. The van der Waals surface area contributed by atoms with E-state index in [4.69, 9.17) is 10.5 Å². The number of aliphatic imine (C=N–C) groups is 1. The summed E-state index contributed by atoms with van der Waals surface area (Å²) in [5.74, 6) is 0.167. The smallest absolute Gasteiger partial charge is 0.232 e. The molecule has 1 aliphatic heterocycles. The van der Waals surface area contributed by atoms with Gasteiger partial charge in [-0.05, 0) is 51.5 Å². The van der Waals surface area contributed by atoms with Crippen molar-refractivity contribution >= 4 is 38.2 Å². The predicted molar refractivity (Wildman–Crippen MR) is 130 cm³/mol. The Labute approximate surface area is 197 Å². The molecule has 0 saturated heterocycles. The van der Waals surface area contributed by atoms with Crippen LogP contribution in [0.25, 0.3) is 11.0 Å². The zero-order valence-electron chi connectivity index (χ0n) is 19.6. The van der Waals surface area contributed by atoms with Crippen LogP contribution in [0.15, 0.2) is 41.7 Å². The molecule has 0 amide bonds. The van der Waals surface area contributed by atoms with Gasteiger partial charge in [-0.3, -0.25) is 4.99 Å². The third-order valence-corrected chi connectivity index (χ3v) is 10.0. The number of hydrogen-bond donors (Lipinski definition) is 2. The summed E-state index contributed by atoms with van der Waals surface area (Å²) in [7, 11) is -2.26. The highest BCUT2D eigenvalue weighted by atomic mass is 32.2. The highest BCUT2D eigenvalue weighted by Crippen LogP contribution is 2.44. The summed E-state index contributed by atoms with van der Waals surface area (Å²) in [6, 6.07) is 6.03. The summed E-state index contributed by atoms with van der Waals surface area (Å²) in [5, 5.41) is 2.13. The third-order valence-electron chi connectivity index (χ3n) is 6.88. The number of pyridine rings is 1. The topological polar surface area (TPSA) is 132 Å². The normalized spacial score (nSPS) is 26.2. The Morgan fingerprint density at radius 2 is 1.97 bits per heavy atom. The van der Waals surface area contributed by atoms with Crippen molar-refractivity contribution in [1.82, 2.24) is 15.0 Å². The minimum absolute atomic E-state index is 0.0201. The molecule has 9 nitrogen and oxygen atoms in total. The highest BCUT2D eigenvalue weighted by Gasteiger charge is 2.56. The van der Waals surface area contributed by atoms with Crippen LogP contribution in [-0.2, 0) is 15.4 Å². The van der Waals surface area contributed by atoms with Gasteiger partial charge in [0, 0.05) is 17.4 Å². The monoisotopic (exact) mass is 486 g/mol. The molecule has 0 spiro atoms. The molecule has 0 bridgehead atoms. The van der Waals surface area contributed by atoms with E-state index < -0.39 is 31.2 Å². The molecule has 0 aliphatic carbocycles. The number of rotatable bonds is 5. The van der Waals surface area contributed by atoms with Crippen LogP contribution in [0, 0.1) is 5.82 Å². The molecule has 3 aromatic rings. The lowest BCUT2D eigenvalue weighted by molar-refractivity contribution is 0.397. The molecule has 1 aromatic carbocycles. The quantitative estimate of drug-likeness (QED) is 0.560. The van der Waals surface area contributed by atoms with E-state index in [0.29, 0.717) is 28.4 Å². The van der Waals surface area contributed by atoms with Crippen molar-refractivity contribution in [3.05, 3.63) is 48.0 Å². The third kappa shape index (κ3) is 3.46. The van der Waals surface area contributed by atoms with Gasteiger partial charge < -0.3 is 15.8 Å². The van der Waals surface area contributed by atoms with Gasteiger partial charge >= 0.3 is 0 Å². The van der Waals surface area contributed by atoms with E-state index >= 15 is 4.39 Å². The molecule has 2 aromatic heterocycles. The molecule has 180 valence electrons. The maximum absolute atomic E-state index is 15.1. The van der Waals surface area contributed by atoms with Gasteiger partial charge in [0.15, 0.2) is 15.7 Å². The lowest BCUT2D eigenvalue weighted by atomic mass is 9.87. The number of benzene rings is 1. The highest BCUT2D eigenvalue weighted by molar-refractivity contribution is 7.94. The zero-order valence-corrected chi connectivity index (χ0v) is 20.4. The van der Waals surface area contributed by atoms with E-state index in [-0.39, 0.29) is 17.8 Å². The van der Waals surface area contributed by atoms with Crippen LogP contribution in [0.3, 0.4) is 0 Å². The first-order valence-corrected chi connectivity index (χ1v) is 12.3. The second kappa shape index (κ2) is 8.15. The van der Waals surface area contributed by atoms with E-state index in [2.05, 4.69) is 25.3 Å². The second-order valence-corrected chi connectivity index (χ2v) is 11.4. The molecular formula is C23H27FN6O3S.